The zero-order valence-electron chi connectivity index (χ0n) is 11.6. The van der Waals surface area contributed by atoms with Gasteiger partial charge < -0.3 is 10.2 Å². The summed E-state index contributed by atoms with van der Waals surface area (Å²) >= 11 is 0. The third kappa shape index (κ3) is 2.39. The first-order chi connectivity index (χ1) is 8.64. The average molecular weight is 244 g/mol. The van der Waals surface area contributed by atoms with Gasteiger partial charge in [0.25, 0.3) is 0 Å². The minimum atomic E-state index is 0.218. The lowest BCUT2D eigenvalue weighted by Crippen LogP contribution is -2.46. The van der Waals surface area contributed by atoms with Gasteiger partial charge in [-0.2, -0.15) is 0 Å². The van der Waals surface area contributed by atoms with Gasteiger partial charge in [0.2, 0.25) is 0 Å². The molecule has 0 aromatic heterocycles. The summed E-state index contributed by atoms with van der Waals surface area (Å²) in [4.78, 5) is 2.55. The highest BCUT2D eigenvalue weighted by molar-refractivity contribution is 5.52. The van der Waals surface area contributed by atoms with E-state index in [1.54, 1.807) is 11.1 Å². The predicted octanol–water partition coefficient (Wildman–Crippen LogP) is 2.75. The van der Waals surface area contributed by atoms with Gasteiger partial charge in [-0.05, 0) is 69.3 Å². The lowest BCUT2D eigenvalue weighted by Gasteiger charge is -2.31. The maximum Gasteiger partial charge on any atom is 0.0369 e. The van der Waals surface area contributed by atoms with E-state index in [1.807, 2.05) is 0 Å². The number of nitrogens with zero attached hydrogens (tertiary/aromatic N) is 1. The van der Waals surface area contributed by atoms with E-state index in [-0.39, 0.29) is 5.54 Å². The molecule has 0 unspecified atom stereocenters. The van der Waals surface area contributed by atoms with Crippen LogP contribution in [0.5, 0.6) is 0 Å². The van der Waals surface area contributed by atoms with Crippen molar-refractivity contribution in [2.24, 2.45) is 0 Å². The molecule has 1 aromatic rings. The van der Waals surface area contributed by atoms with Crippen molar-refractivity contribution in [3.8, 4) is 0 Å². The molecule has 0 bridgehead atoms. The Hall–Kier alpha value is -1.02. The highest BCUT2D eigenvalue weighted by Gasteiger charge is 2.24. The van der Waals surface area contributed by atoms with Crippen LogP contribution in [0.25, 0.3) is 0 Å². The van der Waals surface area contributed by atoms with Crippen LogP contribution in [0.1, 0.15) is 37.8 Å². The highest BCUT2D eigenvalue weighted by Crippen LogP contribution is 2.28. The molecular formula is C16H24N2. The molecule has 1 saturated heterocycles. The number of rotatable bonds is 1. The van der Waals surface area contributed by atoms with E-state index in [1.165, 1.54) is 37.9 Å². The van der Waals surface area contributed by atoms with Crippen LogP contribution in [0.15, 0.2) is 18.2 Å². The summed E-state index contributed by atoms with van der Waals surface area (Å²) in [7, 11) is 0. The maximum atomic E-state index is 3.63. The average Bonchev–Trinajstić information content (AvgIpc) is 2.72. The fraction of sp³-hybridized carbons (Fsp3) is 0.625. The second-order valence-electron chi connectivity index (χ2n) is 6.39. The van der Waals surface area contributed by atoms with E-state index in [2.05, 4.69) is 42.3 Å². The Morgan fingerprint density at radius 2 is 1.94 bits per heavy atom. The van der Waals surface area contributed by atoms with Crippen molar-refractivity contribution >= 4 is 5.69 Å². The summed E-state index contributed by atoms with van der Waals surface area (Å²) in [5, 5.41) is 3.63. The number of nitrogens with one attached hydrogen (secondary N) is 1. The number of benzene rings is 1. The molecule has 1 fully saturated rings. The summed E-state index contributed by atoms with van der Waals surface area (Å²) in [6.07, 6.45) is 5.13. The Morgan fingerprint density at radius 3 is 2.83 bits per heavy atom. The predicted molar refractivity (Wildman–Crippen MR) is 77.4 cm³/mol. The molecule has 0 radical (unpaired) electrons. The molecule has 2 heteroatoms. The topological polar surface area (TPSA) is 15.3 Å². The molecule has 0 atom stereocenters. The van der Waals surface area contributed by atoms with E-state index in [0.29, 0.717) is 0 Å². The first-order valence-corrected chi connectivity index (χ1v) is 7.26. The van der Waals surface area contributed by atoms with Crippen molar-refractivity contribution in [3.05, 3.63) is 29.3 Å². The molecule has 1 N–H and O–H groups in total. The largest absolute Gasteiger partial charge is 0.370 e. The number of fused-ring (bicyclic) bond motifs is 1. The number of hydrogen-bond acceptors (Lipinski definition) is 2. The summed E-state index contributed by atoms with van der Waals surface area (Å²) < 4.78 is 0. The minimum Gasteiger partial charge on any atom is -0.370 e. The standard InChI is InChI=1S/C16H24N2/c1-16(2)12-18(10-4-9-17-16)15-8-7-13-5-3-6-14(13)11-15/h7-8,11,17H,3-6,9-10,12H2,1-2H3. The van der Waals surface area contributed by atoms with Gasteiger partial charge in [0.05, 0.1) is 0 Å². The molecule has 0 spiro atoms. The molecule has 1 heterocycles. The summed E-state index contributed by atoms with van der Waals surface area (Å²) in [5.74, 6) is 0. The van der Waals surface area contributed by atoms with Gasteiger partial charge in [0.15, 0.2) is 0 Å². The smallest absolute Gasteiger partial charge is 0.0369 e. The molecule has 0 amide bonds. The van der Waals surface area contributed by atoms with Crippen molar-refractivity contribution in [2.45, 2.75) is 45.1 Å². The third-order valence-corrected chi connectivity index (χ3v) is 4.24. The highest BCUT2D eigenvalue weighted by atomic mass is 15.2. The quantitative estimate of drug-likeness (QED) is 0.817. The summed E-state index contributed by atoms with van der Waals surface area (Å²) in [5.41, 5.74) is 4.80. The van der Waals surface area contributed by atoms with Crippen molar-refractivity contribution in [2.75, 3.05) is 24.5 Å². The van der Waals surface area contributed by atoms with E-state index in [9.17, 15) is 0 Å². The van der Waals surface area contributed by atoms with Crippen LogP contribution < -0.4 is 10.2 Å². The molecule has 2 aliphatic rings. The molecule has 1 aliphatic heterocycles. The van der Waals surface area contributed by atoms with E-state index in [4.69, 9.17) is 0 Å². The number of anilines is 1. The summed E-state index contributed by atoms with van der Waals surface area (Å²) in [6, 6.07) is 7.11. The van der Waals surface area contributed by atoms with Crippen LogP contribution in [0.3, 0.4) is 0 Å². The molecular weight excluding hydrogens is 220 g/mol. The second kappa shape index (κ2) is 4.58. The zero-order valence-corrected chi connectivity index (χ0v) is 11.6. The third-order valence-electron chi connectivity index (χ3n) is 4.24. The van der Waals surface area contributed by atoms with Crippen LogP contribution in [-0.4, -0.2) is 25.2 Å². The first kappa shape index (κ1) is 12.0. The minimum absolute atomic E-state index is 0.218. The molecule has 1 aromatic carbocycles. The van der Waals surface area contributed by atoms with E-state index in [0.717, 1.165) is 13.1 Å². The maximum absolute atomic E-state index is 3.63. The van der Waals surface area contributed by atoms with Crippen molar-refractivity contribution in [1.82, 2.24) is 5.32 Å². The van der Waals surface area contributed by atoms with Crippen LogP contribution >= 0.6 is 0 Å². The fourth-order valence-electron chi connectivity index (χ4n) is 3.28. The van der Waals surface area contributed by atoms with Gasteiger partial charge in [-0.15, -0.1) is 0 Å². The second-order valence-corrected chi connectivity index (χ2v) is 6.39. The van der Waals surface area contributed by atoms with Crippen LogP contribution in [0.2, 0.25) is 0 Å². The van der Waals surface area contributed by atoms with Crippen molar-refractivity contribution < 1.29 is 0 Å². The van der Waals surface area contributed by atoms with Gasteiger partial charge in [0.1, 0.15) is 0 Å². The first-order valence-electron chi connectivity index (χ1n) is 7.26. The van der Waals surface area contributed by atoms with Gasteiger partial charge in [-0.25, -0.2) is 0 Å². The lowest BCUT2D eigenvalue weighted by atomic mass is 10.0. The molecule has 1 aliphatic carbocycles. The molecule has 18 heavy (non-hydrogen) atoms. The van der Waals surface area contributed by atoms with Crippen molar-refractivity contribution in [1.29, 1.82) is 0 Å². The van der Waals surface area contributed by atoms with Gasteiger partial charge >= 0.3 is 0 Å². The Balaban J connectivity index is 1.85. The van der Waals surface area contributed by atoms with Crippen LogP contribution in [0, 0.1) is 0 Å². The van der Waals surface area contributed by atoms with Gasteiger partial charge in [-0.3, -0.25) is 0 Å². The normalized spacial score (nSPS) is 22.7. The van der Waals surface area contributed by atoms with Gasteiger partial charge in [0, 0.05) is 24.3 Å². The molecule has 0 saturated carbocycles. The Kier molecular flexibility index (Phi) is 3.06. The van der Waals surface area contributed by atoms with Crippen LogP contribution in [0.4, 0.5) is 5.69 Å². The van der Waals surface area contributed by atoms with E-state index >= 15 is 0 Å². The van der Waals surface area contributed by atoms with E-state index < -0.39 is 0 Å². The Morgan fingerprint density at radius 1 is 1.11 bits per heavy atom. The van der Waals surface area contributed by atoms with Gasteiger partial charge in [-0.1, -0.05) is 6.07 Å². The fourth-order valence-corrected chi connectivity index (χ4v) is 3.28. The summed E-state index contributed by atoms with van der Waals surface area (Å²) in [6.45, 7) is 8.02. The lowest BCUT2D eigenvalue weighted by molar-refractivity contribution is 0.416. The SMILES string of the molecule is CC1(C)CN(c2ccc3c(c2)CCC3)CCCN1. The Bertz CT molecular complexity index is 437. The number of aryl methyl sites for hydroxylation is 2. The van der Waals surface area contributed by atoms with Crippen molar-refractivity contribution in [3.63, 3.8) is 0 Å². The van der Waals surface area contributed by atoms with Crippen LogP contribution in [-0.2, 0) is 12.8 Å². The molecule has 98 valence electrons. The Labute approximate surface area is 110 Å². The monoisotopic (exact) mass is 244 g/mol. The molecule has 2 nitrogen and oxygen atoms in total. The molecule has 3 rings (SSSR count). The zero-order chi connectivity index (χ0) is 12.6. The number of hydrogen-bond donors (Lipinski definition) is 1.